The van der Waals surface area contributed by atoms with Crippen LogP contribution in [0.5, 0.6) is 0 Å². The molecule has 6 rings (SSSR count). The van der Waals surface area contributed by atoms with E-state index < -0.39 is 0 Å². The summed E-state index contributed by atoms with van der Waals surface area (Å²) in [4.78, 5) is 72.4. The molecule has 94 heavy (non-hydrogen) atoms. The van der Waals surface area contributed by atoms with Crippen LogP contribution in [0.3, 0.4) is 0 Å². The predicted octanol–water partition coefficient (Wildman–Crippen LogP) is 23.5. The van der Waals surface area contributed by atoms with Crippen LogP contribution >= 0.6 is 0 Å². The molecule has 0 atom stereocenters. The Hall–Kier alpha value is -3.18. The van der Waals surface area contributed by atoms with Crippen molar-refractivity contribution in [2.75, 3.05) is 0 Å². The predicted molar refractivity (Wildman–Crippen MR) is 388 cm³/mol. The third-order valence-corrected chi connectivity index (χ3v) is 23.7. The van der Waals surface area contributed by atoms with Gasteiger partial charge < -0.3 is 28.4 Å². The van der Waals surface area contributed by atoms with Crippen molar-refractivity contribution in [1.29, 1.82) is 0 Å². The minimum atomic E-state index is -0.360. The summed E-state index contributed by atoms with van der Waals surface area (Å²) in [6.07, 6.45) is 39.6. The molecule has 12 nitrogen and oxygen atoms in total. The number of carbonyl (C=O) groups is 6. The van der Waals surface area contributed by atoms with Gasteiger partial charge in [-0.3, -0.25) is 28.8 Å². The van der Waals surface area contributed by atoms with Gasteiger partial charge in [-0.2, -0.15) is 0 Å². The largest absolute Gasteiger partial charge is 0.459 e. The molecule has 0 aliphatic heterocycles. The van der Waals surface area contributed by atoms with Gasteiger partial charge in [-0.25, -0.2) is 0 Å². The molecule has 552 valence electrons. The molecule has 0 aromatic rings. The zero-order chi connectivity index (χ0) is 72.4. The van der Waals surface area contributed by atoms with E-state index in [1.807, 2.05) is 118 Å². The van der Waals surface area contributed by atoms with E-state index in [2.05, 4.69) is 62.3 Å². The standard InChI is InChI=1S/2C15H28O2.C14H26O2.2C13H24O2.C12H22O2/c1-7-14(5,6)12(16)17-15(13(2,3)4)10-8-9-11-15;1-5-7-10-15(11-8-9-12-15)17-13(16)14(3,4)6-2;1-5-9-14(10-7-8-11-14)16-12(15)13(3,4)6-2;1-5-12(2,3)11(14)15-13(4)9-7-6-8-10-13;1-5-12(3,4)11(14)15-13(6-2)9-7-8-10-13;1-5-11(2,3)10(13)14-12(4)8-6-7-9-12/h7-11H2,1-6H3;5-12H2,1-4H3;5-11H2,1-4H3;2*5-10H2,1-4H3;5-9H2,1-4H3. The fourth-order valence-electron chi connectivity index (χ4n) is 12.8. The van der Waals surface area contributed by atoms with Crippen LogP contribution in [0.4, 0.5) is 0 Å². The quantitative estimate of drug-likeness (QED) is 0.0666. The van der Waals surface area contributed by atoms with Gasteiger partial charge >= 0.3 is 35.8 Å². The molecular formula is C82H152O12. The average molecular weight is 1330 g/mol. The van der Waals surface area contributed by atoms with Gasteiger partial charge in [-0.05, 0) is 315 Å². The van der Waals surface area contributed by atoms with Crippen LogP contribution in [0.2, 0.25) is 0 Å². The molecule has 6 aliphatic carbocycles. The first kappa shape index (κ1) is 88.8. The fourth-order valence-corrected chi connectivity index (χ4v) is 12.8. The minimum absolute atomic E-state index is 0.00185. The van der Waals surface area contributed by atoms with Crippen LogP contribution in [-0.4, -0.2) is 69.4 Å². The van der Waals surface area contributed by atoms with Crippen molar-refractivity contribution in [3.63, 3.8) is 0 Å². The molecule has 0 radical (unpaired) electrons. The van der Waals surface area contributed by atoms with E-state index in [4.69, 9.17) is 28.4 Å². The number of ether oxygens (including phenoxy) is 6. The zero-order valence-corrected chi connectivity index (χ0v) is 66.6. The molecule has 0 aromatic heterocycles. The second kappa shape index (κ2) is 38.4. The molecule has 0 aromatic carbocycles. The van der Waals surface area contributed by atoms with E-state index in [0.717, 1.165) is 141 Å². The van der Waals surface area contributed by atoms with Crippen LogP contribution in [0.1, 0.15) is 418 Å². The minimum Gasteiger partial charge on any atom is -0.459 e. The van der Waals surface area contributed by atoms with Crippen molar-refractivity contribution in [3.05, 3.63) is 0 Å². The van der Waals surface area contributed by atoms with Gasteiger partial charge in [0.05, 0.1) is 32.5 Å². The van der Waals surface area contributed by atoms with Gasteiger partial charge in [0.1, 0.15) is 33.6 Å². The Kier molecular flexibility index (Phi) is 36.3. The summed E-state index contributed by atoms with van der Waals surface area (Å²) in [6.45, 7) is 53.0. The van der Waals surface area contributed by atoms with Gasteiger partial charge in [-0.15, -0.1) is 0 Å². The van der Waals surface area contributed by atoms with Crippen molar-refractivity contribution in [3.8, 4) is 0 Å². The normalized spacial score (nSPS) is 20.2. The number of unbranched alkanes of at least 4 members (excludes halogenated alkanes) is 1. The summed E-state index contributed by atoms with van der Waals surface area (Å²) in [5.41, 5.74) is -2.98. The van der Waals surface area contributed by atoms with Crippen LogP contribution in [0, 0.1) is 37.9 Å². The first-order valence-electron chi connectivity index (χ1n) is 38.7. The third kappa shape index (κ3) is 27.9. The Bertz CT molecular complexity index is 2240. The van der Waals surface area contributed by atoms with E-state index in [0.29, 0.717) is 0 Å². The molecule has 0 amide bonds. The molecule has 0 bridgehead atoms. The first-order chi connectivity index (χ1) is 43.3. The molecule has 6 saturated carbocycles. The number of esters is 6. The maximum Gasteiger partial charge on any atom is 0.312 e. The summed E-state index contributed by atoms with van der Waals surface area (Å²) in [5.74, 6) is -0.132. The summed E-state index contributed by atoms with van der Waals surface area (Å²) < 4.78 is 34.8. The van der Waals surface area contributed by atoms with E-state index in [1.165, 1.54) is 96.3 Å². The highest BCUT2D eigenvalue weighted by atomic mass is 16.6. The summed E-state index contributed by atoms with van der Waals surface area (Å²) >= 11 is 0. The van der Waals surface area contributed by atoms with Crippen molar-refractivity contribution in [2.45, 2.75) is 451 Å². The molecule has 0 saturated heterocycles. The number of rotatable bonds is 24. The third-order valence-electron chi connectivity index (χ3n) is 23.7. The Labute approximate surface area is 579 Å². The highest BCUT2D eigenvalue weighted by Crippen LogP contribution is 2.48. The van der Waals surface area contributed by atoms with Crippen molar-refractivity contribution < 1.29 is 57.2 Å². The van der Waals surface area contributed by atoms with Crippen LogP contribution in [-0.2, 0) is 57.2 Å². The maximum absolute atomic E-state index is 12.3. The Morgan fingerprint density at radius 2 is 0.511 bits per heavy atom. The molecule has 6 fully saturated rings. The van der Waals surface area contributed by atoms with E-state index in [9.17, 15) is 28.8 Å². The van der Waals surface area contributed by atoms with Crippen molar-refractivity contribution in [2.24, 2.45) is 37.9 Å². The molecule has 0 spiro atoms. The monoisotopic (exact) mass is 1330 g/mol. The van der Waals surface area contributed by atoms with Crippen LogP contribution < -0.4 is 0 Å². The highest BCUT2D eigenvalue weighted by Gasteiger charge is 2.50. The molecular weight excluding hydrogens is 1180 g/mol. The van der Waals surface area contributed by atoms with Crippen molar-refractivity contribution >= 4 is 35.8 Å². The SMILES string of the molecule is CCC(C)(C)C(=O)OC1(C(C)(C)C)CCCC1.CCC(C)(C)C(=O)OC1(C)CCCC1.CCC(C)(C)C(=O)OC1(C)CCCCC1.CCC1(OC(=O)C(C)(C)CC)CCCC1.CCCC1(OC(=O)C(C)(C)CC)CCCC1.CCCCC1(OC(=O)C(C)(C)CC)CCCC1. The smallest absolute Gasteiger partial charge is 0.312 e. The van der Waals surface area contributed by atoms with Crippen LogP contribution in [0.25, 0.3) is 0 Å². The molecule has 0 N–H and O–H groups in total. The van der Waals surface area contributed by atoms with Gasteiger partial charge in [0.15, 0.2) is 0 Å². The summed E-state index contributed by atoms with van der Waals surface area (Å²) in [6, 6.07) is 0. The van der Waals surface area contributed by atoms with Gasteiger partial charge in [0.2, 0.25) is 0 Å². The lowest BCUT2D eigenvalue weighted by molar-refractivity contribution is -0.183. The topological polar surface area (TPSA) is 158 Å². The average Bonchev–Trinajstić information content (AvgIpc) is 1.76. The number of hydrogen-bond acceptors (Lipinski definition) is 12. The molecule has 0 heterocycles. The number of hydrogen-bond donors (Lipinski definition) is 0. The highest BCUT2D eigenvalue weighted by molar-refractivity contribution is 5.78. The Morgan fingerprint density at radius 3 is 0.777 bits per heavy atom. The zero-order valence-electron chi connectivity index (χ0n) is 66.6. The van der Waals surface area contributed by atoms with Gasteiger partial charge in [0, 0.05) is 5.41 Å². The van der Waals surface area contributed by atoms with E-state index >= 15 is 0 Å². The Morgan fingerprint density at radius 1 is 0.277 bits per heavy atom. The second-order valence-corrected chi connectivity index (χ2v) is 35.3. The molecule has 0 unspecified atom stereocenters. The lowest BCUT2D eigenvalue weighted by Crippen LogP contribution is -2.47. The van der Waals surface area contributed by atoms with Crippen LogP contribution in [0.15, 0.2) is 0 Å². The van der Waals surface area contributed by atoms with Crippen molar-refractivity contribution in [1.82, 2.24) is 0 Å². The fraction of sp³-hybridized carbons (Fsp3) is 0.927. The van der Waals surface area contributed by atoms with E-state index in [-0.39, 0.29) is 107 Å². The Balaban J connectivity index is 0.000000565. The van der Waals surface area contributed by atoms with Gasteiger partial charge in [-0.1, -0.05) is 102 Å². The lowest BCUT2D eigenvalue weighted by atomic mass is 9.74. The second-order valence-electron chi connectivity index (χ2n) is 35.3. The van der Waals surface area contributed by atoms with E-state index in [1.54, 1.807) is 0 Å². The lowest BCUT2D eigenvalue weighted by Gasteiger charge is -2.42. The molecule has 12 heteroatoms. The first-order valence-corrected chi connectivity index (χ1v) is 38.7. The molecule has 6 aliphatic rings. The summed E-state index contributed by atoms with van der Waals surface area (Å²) in [7, 11) is 0. The maximum atomic E-state index is 12.3. The number of carbonyl (C=O) groups excluding carboxylic acids is 6. The van der Waals surface area contributed by atoms with Gasteiger partial charge in [0.25, 0.3) is 0 Å². The summed E-state index contributed by atoms with van der Waals surface area (Å²) in [5, 5.41) is 0.